The molecule has 12 heteroatoms. The number of hydrogen-bond donors (Lipinski definition) is 4. The Morgan fingerprint density at radius 3 is 2.64 bits per heavy atom. The van der Waals surface area contributed by atoms with Crippen molar-refractivity contribution >= 4 is 45.1 Å². The summed E-state index contributed by atoms with van der Waals surface area (Å²) < 4.78 is 30.9. The van der Waals surface area contributed by atoms with Crippen molar-refractivity contribution in [3.8, 4) is 5.75 Å². The van der Waals surface area contributed by atoms with Crippen LogP contribution >= 0.6 is 11.6 Å². The second-order valence-corrected chi connectivity index (χ2v) is 11.7. The van der Waals surface area contributed by atoms with E-state index in [1.165, 1.54) is 25.0 Å². The summed E-state index contributed by atoms with van der Waals surface area (Å²) in [6, 6.07) is 4.09. The molecule has 0 aliphatic carbocycles. The summed E-state index contributed by atoms with van der Waals surface area (Å²) in [5, 5.41) is 8.61. The van der Waals surface area contributed by atoms with Crippen LogP contribution in [-0.4, -0.2) is 57.1 Å². The van der Waals surface area contributed by atoms with Crippen LogP contribution in [0.15, 0.2) is 34.0 Å². The molecule has 1 aliphatic rings. The maximum absolute atomic E-state index is 12.6. The Morgan fingerprint density at radius 2 is 2.03 bits per heavy atom. The molecular formula is C24H34ClN7O3S. The van der Waals surface area contributed by atoms with Crippen molar-refractivity contribution in [1.29, 1.82) is 0 Å². The first-order valence-corrected chi connectivity index (χ1v) is 13.6. The summed E-state index contributed by atoms with van der Waals surface area (Å²) in [5.41, 5.74) is 9.18. The number of anilines is 3. The highest BCUT2D eigenvalue weighted by atomic mass is 35.5. The summed E-state index contributed by atoms with van der Waals surface area (Å²) >= 11 is 6.31. The number of hydrogen-bond acceptors (Lipinski definition) is 10. The average Bonchev–Trinajstić information content (AvgIpc) is 2.85. The fraction of sp³-hybridized carbons (Fsp3) is 0.458. The van der Waals surface area contributed by atoms with Crippen molar-refractivity contribution in [1.82, 2.24) is 15.3 Å². The van der Waals surface area contributed by atoms with Crippen molar-refractivity contribution < 1.29 is 13.2 Å². The fourth-order valence-electron chi connectivity index (χ4n) is 4.00. The zero-order valence-corrected chi connectivity index (χ0v) is 22.8. The molecule has 0 saturated carbocycles. The number of halogens is 1. The number of nitrogens with zero attached hydrogens (tertiary/aromatic N) is 3. The van der Waals surface area contributed by atoms with E-state index >= 15 is 0 Å². The van der Waals surface area contributed by atoms with Gasteiger partial charge in [0.05, 0.1) is 29.9 Å². The second kappa shape index (κ2) is 11.9. The van der Waals surface area contributed by atoms with Crippen molar-refractivity contribution in [3.05, 3.63) is 45.2 Å². The number of aromatic nitrogens is 2. The number of ether oxygens (including phenoxy) is 1. The van der Waals surface area contributed by atoms with Gasteiger partial charge < -0.3 is 26.4 Å². The Bertz CT molecular complexity index is 1260. The number of aryl methyl sites for hydroxylation is 1. The van der Waals surface area contributed by atoms with Crippen LogP contribution < -0.4 is 26.4 Å². The lowest BCUT2D eigenvalue weighted by Gasteiger charge is -2.25. The lowest BCUT2D eigenvalue weighted by Crippen LogP contribution is -2.27. The molecule has 1 saturated heterocycles. The van der Waals surface area contributed by atoms with Crippen molar-refractivity contribution in [3.63, 3.8) is 0 Å². The molecule has 0 radical (unpaired) electrons. The molecule has 5 N–H and O–H groups in total. The van der Waals surface area contributed by atoms with E-state index in [2.05, 4.69) is 43.9 Å². The molecule has 36 heavy (non-hydrogen) atoms. The Kier molecular flexibility index (Phi) is 9.15. The second-order valence-electron chi connectivity index (χ2n) is 8.83. The molecule has 0 bridgehead atoms. The molecule has 196 valence electrons. The van der Waals surface area contributed by atoms with E-state index in [1.807, 2.05) is 6.07 Å². The number of benzene rings is 1. The first-order chi connectivity index (χ1) is 17.1. The number of sulfone groups is 1. The molecule has 0 atom stereocenters. The summed E-state index contributed by atoms with van der Waals surface area (Å²) in [5.74, 6) is 1.57. The summed E-state index contributed by atoms with van der Waals surface area (Å²) in [6.45, 7) is 7.19. The van der Waals surface area contributed by atoms with Crippen molar-refractivity contribution in [2.24, 2.45) is 10.7 Å². The van der Waals surface area contributed by atoms with E-state index < -0.39 is 15.1 Å². The topological polar surface area (TPSA) is 144 Å². The number of methoxy groups -OCH3 is 1. The zero-order valence-electron chi connectivity index (χ0n) is 21.2. The molecule has 1 aliphatic heterocycles. The van der Waals surface area contributed by atoms with Gasteiger partial charge in [-0.25, -0.2) is 13.4 Å². The number of nitrogens with two attached hydrogens (primary N) is 1. The molecular weight excluding hydrogens is 502 g/mol. The molecule has 10 nitrogen and oxygen atoms in total. The van der Waals surface area contributed by atoms with Crippen LogP contribution in [0.4, 0.5) is 17.5 Å². The summed E-state index contributed by atoms with van der Waals surface area (Å²) in [6.07, 6.45) is 4.89. The standard InChI is InChI=1S/C24H34ClN7O3S/c1-14(2)36(33,34)22(26)20(13-27-4)30-23-18(25)12-29-24(32-23)31-19-10-15(3)17(11-21(19)35-5)16-6-8-28-9-7-16/h10-14,16,28H,6-9,26H2,1-5H3,(H2,29,30,31,32). The molecule has 1 fully saturated rings. The molecule has 0 spiro atoms. The van der Waals surface area contributed by atoms with Crippen molar-refractivity contribution in [2.75, 3.05) is 37.9 Å². The lowest BCUT2D eigenvalue weighted by molar-refractivity contribution is 0.413. The summed E-state index contributed by atoms with van der Waals surface area (Å²) in [4.78, 5) is 12.6. The van der Waals surface area contributed by atoms with E-state index in [0.717, 1.165) is 31.5 Å². The largest absolute Gasteiger partial charge is 0.495 e. The lowest BCUT2D eigenvalue weighted by atomic mass is 9.87. The van der Waals surface area contributed by atoms with Gasteiger partial charge in [0.25, 0.3) is 0 Å². The Balaban J connectivity index is 1.93. The first-order valence-electron chi connectivity index (χ1n) is 11.7. The highest BCUT2D eigenvalue weighted by Crippen LogP contribution is 2.36. The number of allylic oxidation sites excluding steroid dienone is 1. The van der Waals surface area contributed by atoms with Crippen LogP contribution in [-0.2, 0) is 9.84 Å². The number of piperidine rings is 1. The Hall–Kier alpha value is -2.89. The van der Waals surface area contributed by atoms with E-state index in [1.54, 1.807) is 21.0 Å². The number of nitrogens with one attached hydrogen (secondary N) is 3. The van der Waals surface area contributed by atoms with Gasteiger partial charge in [0, 0.05) is 13.3 Å². The molecule has 3 rings (SSSR count). The van der Waals surface area contributed by atoms with E-state index in [-0.39, 0.29) is 27.5 Å². The maximum Gasteiger partial charge on any atom is 0.229 e. The highest BCUT2D eigenvalue weighted by Gasteiger charge is 2.24. The minimum atomic E-state index is -3.74. The smallest absolute Gasteiger partial charge is 0.229 e. The third-order valence-electron chi connectivity index (χ3n) is 6.06. The minimum absolute atomic E-state index is 0.0671. The normalized spacial score (nSPS) is 15.8. The first kappa shape index (κ1) is 27.7. The van der Waals surface area contributed by atoms with Gasteiger partial charge in [-0.15, -0.1) is 0 Å². The summed E-state index contributed by atoms with van der Waals surface area (Å²) in [7, 11) is -0.607. The van der Waals surface area contributed by atoms with Gasteiger partial charge in [-0.2, -0.15) is 4.98 Å². The van der Waals surface area contributed by atoms with Gasteiger partial charge in [-0.1, -0.05) is 11.6 Å². The van der Waals surface area contributed by atoms with Gasteiger partial charge in [0.15, 0.2) is 20.7 Å². The van der Waals surface area contributed by atoms with Crippen LogP contribution in [0.25, 0.3) is 0 Å². The third-order valence-corrected chi connectivity index (χ3v) is 8.41. The highest BCUT2D eigenvalue weighted by molar-refractivity contribution is 7.95. The van der Waals surface area contributed by atoms with E-state index in [4.69, 9.17) is 22.1 Å². The minimum Gasteiger partial charge on any atom is -0.495 e. The van der Waals surface area contributed by atoms with Crippen LogP contribution in [0.3, 0.4) is 0 Å². The fourth-order valence-corrected chi connectivity index (χ4v) is 5.06. The number of rotatable bonds is 9. The molecule has 2 heterocycles. The Morgan fingerprint density at radius 1 is 1.33 bits per heavy atom. The van der Waals surface area contributed by atoms with E-state index in [9.17, 15) is 8.42 Å². The SMILES string of the molecule is CN=CC(Nc1nc(Nc2cc(C)c(C3CCNCC3)cc2OC)ncc1Cl)=C(N)S(=O)(=O)C(C)C. The molecule has 2 aromatic rings. The van der Waals surface area contributed by atoms with Crippen LogP contribution in [0.2, 0.25) is 5.02 Å². The predicted octanol–water partition coefficient (Wildman–Crippen LogP) is 3.72. The van der Waals surface area contributed by atoms with Gasteiger partial charge in [0.2, 0.25) is 5.95 Å². The Labute approximate surface area is 217 Å². The van der Waals surface area contributed by atoms with Gasteiger partial charge >= 0.3 is 0 Å². The van der Waals surface area contributed by atoms with Crippen LogP contribution in [0.5, 0.6) is 5.75 Å². The maximum atomic E-state index is 12.6. The van der Waals surface area contributed by atoms with Gasteiger partial charge in [-0.3, -0.25) is 4.99 Å². The quantitative estimate of drug-likeness (QED) is 0.353. The van der Waals surface area contributed by atoms with Crippen LogP contribution in [0.1, 0.15) is 43.7 Å². The van der Waals surface area contributed by atoms with E-state index in [0.29, 0.717) is 17.4 Å². The predicted molar refractivity (Wildman–Crippen MR) is 146 cm³/mol. The number of aliphatic imine (C=N–C) groups is 1. The molecule has 0 unspecified atom stereocenters. The van der Waals surface area contributed by atoms with Crippen LogP contribution in [0, 0.1) is 6.92 Å². The van der Waals surface area contributed by atoms with Gasteiger partial charge in [0.1, 0.15) is 10.8 Å². The zero-order chi connectivity index (χ0) is 26.5. The third kappa shape index (κ3) is 6.26. The van der Waals surface area contributed by atoms with Crippen molar-refractivity contribution in [2.45, 2.75) is 44.8 Å². The molecule has 1 aromatic heterocycles. The molecule has 1 aromatic carbocycles. The average molecular weight is 536 g/mol. The molecule has 0 amide bonds. The monoisotopic (exact) mass is 535 g/mol. The van der Waals surface area contributed by atoms with Gasteiger partial charge in [-0.05, 0) is 75.9 Å².